The van der Waals surface area contributed by atoms with Crippen LogP contribution in [0, 0.1) is 0 Å². The number of benzene rings is 3. The molecule has 21 heavy (non-hydrogen) atoms. The predicted molar refractivity (Wildman–Crippen MR) is 86.6 cm³/mol. The predicted octanol–water partition coefficient (Wildman–Crippen LogP) is 4.65. The quantitative estimate of drug-likeness (QED) is 0.703. The van der Waals surface area contributed by atoms with Crippen molar-refractivity contribution in [2.45, 2.75) is 6.42 Å². The fourth-order valence-corrected chi connectivity index (χ4v) is 2.28. The number of hydrogen-bond acceptors (Lipinski definition) is 2. The summed E-state index contributed by atoms with van der Waals surface area (Å²) in [6.07, 6.45) is 0.844. The third kappa shape index (κ3) is 3.63. The number of hydrogen-bond donors (Lipinski definition) is 1. The smallest absolute Gasteiger partial charge is 0.127 e. The highest BCUT2D eigenvalue weighted by Crippen LogP contribution is 2.23. The molecule has 2 heteroatoms. The van der Waals surface area contributed by atoms with Crippen LogP contribution in [0.2, 0.25) is 0 Å². The molecule has 0 atom stereocenters. The summed E-state index contributed by atoms with van der Waals surface area (Å²) in [5.74, 6) is 1.70. The standard InChI is InChI=1S/C19H17NO/c20-17-8-4-6-15(13-17)12-16-7-5-11-19(14-16)21-18-9-2-1-3-10-18/h1-11,13-14H,12,20H2. The summed E-state index contributed by atoms with van der Waals surface area (Å²) in [7, 11) is 0. The second kappa shape index (κ2) is 6.14. The first-order chi connectivity index (χ1) is 10.3. The third-order valence-electron chi connectivity index (χ3n) is 3.24. The van der Waals surface area contributed by atoms with E-state index in [9.17, 15) is 0 Å². The van der Waals surface area contributed by atoms with Gasteiger partial charge in [0.1, 0.15) is 11.5 Å². The molecule has 0 bridgehead atoms. The Morgan fingerprint density at radius 3 is 2.10 bits per heavy atom. The van der Waals surface area contributed by atoms with E-state index in [2.05, 4.69) is 18.2 Å². The van der Waals surface area contributed by atoms with Crippen LogP contribution in [0.25, 0.3) is 0 Å². The molecule has 0 heterocycles. The summed E-state index contributed by atoms with van der Waals surface area (Å²) in [5, 5.41) is 0. The molecule has 0 aliphatic rings. The topological polar surface area (TPSA) is 35.2 Å². The molecule has 0 amide bonds. The fourth-order valence-electron chi connectivity index (χ4n) is 2.28. The first-order valence-corrected chi connectivity index (χ1v) is 6.96. The highest BCUT2D eigenvalue weighted by Gasteiger charge is 2.01. The van der Waals surface area contributed by atoms with Gasteiger partial charge in [0.25, 0.3) is 0 Å². The Kier molecular flexibility index (Phi) is 3.88. The van der Waals surface area contributed by atoms with Gasteiger partial charge in [0.05, 0.1) is 0 Å². The number of nitrogen functional groups attached to an aromatic ring is 1. The Hall–Kier alpha value is -2.74. The van der Waals surface area contributed by atoms with Crippen LogP contribution >= 0.6 is 0 Å². The summed E-state index contributed by atoms with van der Waals surface area (Å²) in [6.45, 7) is 0. The van der Waals surface area contributed by atoms with Crippen molar-refractivity contribution in [3.8, 4) is 11.5 Å². The van der Waals surface area contributed by atoms with Gasteiger partial charge in [-0.05, 0) is 53.9 Å². The van der Waals surface area contributed by atoms with Gasteiger partial charge in [-0.15, -0.1) is 0 Å². The van der Waals surface area contributed by atoms with Gasteiger partial charge in [-0.1, -0.05) is 42.5 Å². The van der Waals surface area contributed by atoms with Gasteiger partial charge in [-0.3, -0.25) is 0 Å². The average molecular weight is 275 g/mol. The largest absolute Gasteiger partial charge is 0.457 e. The summed E-state index contributed by atoms with van der Waals surface area (Å²) < 4.78 is 5.86. The van der Waals surface area contributed by atoms with Gasteiger partial charge < -0.3 is 10.5 Å². The van der Waals surface area contributed by atoms with Gasteiger partial charge in [-0.2, -0.15) is 0 Å². The Morgan fingerprint density at radius 2 is 1.33 bits per heavy atom. The van der Waals surface area contributed by atoms with Crippen LogP contribution in [0.3, 0.4) is 0 Å². The zero-order valence-electron chi connectivity index (χ0n) is 11.7. The monoisotopic (exact) mass is 275 g/mol. The third-order valence-corrected chi connectivity index (χ3v) is 3.24. The number of ether oxygens (including phenoxy) is 1. The molecule has 2 N–H and O–H groups in total. The number of anilines is 1. The Bertz CT molecular complexity index is 722. The van der Waals surface area contributed by atoms with E-state index in [0.717, 1.165) is 23.6 Å². The van der Waals surface area contributed by atoms with E-state index in [1.54, 1.807) is 0 Å². The zero-order valence-corrected chi connectivity index (χ0v) is 11.7. The first-order valence-electron chi connectivity index (χ1n) is 6.96. The van der Waals surface area contributed by atoms with Crippen LogP contribution in [0.4, 0.5) is 5.69 Å². The highest BCUT2D eigenvalue weighted by molar-refractivity contribution is 5.43. The van der Waals surface area contributed by atoms with E-state index >= 15 is 0 Å². The molecule has 0 aliphatic carbocycles. The molecule has 3 aromatic carbocycles. The van der Waals surface area contributed by atoms with E-state index in [1.807, 2.05) is 60.7 Å². The molecule has 3 rings (SSSR count). The summed E-state index contributed by atoms with van der Waals surface area (Å²) in [6, 6.07) is 25.9. The lowest BCUT2D eigenvalue weighted by Crippen LogP contribution is -1.92. The SMILES string of the molecule is Nc1cccc(Cc2cccc(Oc3ccccc3)c2)c1. The van der Waals surface area contributed by atoms with E-state index in [4.69, 9.17) is 10.5 Å². The fraction of sp³-hybridized carbons (Fsp3) is 0.0526. The van der Waals surface area contributed by atoms with Crippen LogP contribution in [-0.2, 0) is 6.42 Å². The van der Waals surface area contributed by atoms with E-state index in [0.29, 0.717) is 0 Å². The molecule has 0 aromatic heterocycles. The second-order valence-electron chi connectivity index (χ2n) is 4.98. The minimum absolute atomic E-state index is 0.796. The van der Waals surface area contributed by atoms with Gasteiger partial charge in [0.2, 0.25) is 0 Å². The van der Waals surface area contributed by atoms with Crippen LogP contribution in [0.1, 0.15) is 11.1 Å². The van der Waals surface area contributed by atoms with Gasteiger partial charge in [0, 0.05) is 5.69 Å². The van der Waals surface area contributed by atoms with Gasteiger partial charge in [0.15, 0.2) is 0 Å². The van der Waals surface area contributed by atoms with Crippen LogP contribution in [0.15, 0.2) is 78.9 Å². The molecule has 0 aliphatic heterocycles. The highest BCUT2D eigenvalue weighted by atomic mass is 16.5. The summed E-state index contributed by atoms with van der Waals surface area (Å²) in [4.78, 5) is 0. The minimum atomic E-state index is 0.796. The lowest BCUT2D eigenvalue weighted by molar-refractivity contribution is 0.482. The van der Waals surface area contributed by atoms with Gasteiger partial charge in [-0.25, -0.2) is 0 Å². The maximum absolute atomic E-state index is 5.86. The number of para-hydroxylation sites is 1. The lowest BCUT2D eigenvalue weighted by atomic mass is 10.0. The summed E-state index contributed by atoms with van der Waals surface area (Å²) in [5.41, 5.74) is 9.02. The molecule has 0 saturated carbocycles. The van der Waals surface area contributed by atoms with Gasteiger partial charge >= 0.3 is 0 Å². The Morgan fingerprint density at radius 1 is 0.667 bits per heavy atom. The van der Waals surface area contributed by atoms with E-state index in [-0.39, 0.29) is 0 Å². The molecular weight excluding hydrogens is 258 g/mol. The van der Waals surface area contributed by atoms with Crippen molar-refractivity contribution in [1.82, 2.24) is 0 Å². The van der Waals surface area contributed by atoms with Crippen molar-refractivity contribution in [2.75, 3.05) is 5.73 Å². The minimum Gasteiger partial charge on any atom is -0.457 e. The maximum atomic E-state index is 5.86. The van der Waals surface area contributed by atoms with Crippen LogP contribution in [0.5, 0.6) is 11.5 Å². The average Bonchev–Trinajstić information content (AvgIpc) is 2.49. The number of rotatable bonds is 4. The van der Waals surface area contributed by atoms with Crippen molar-refractivity contribution in [3.63, 3.8) is 0 Å². The molecule has 0 saturated heterocycles. The molecular formula is C19H17NO. The van der Waals surface area contributed by atoms with E-state index < -0.39 is 0 Å². The Balaban J connectivity index is 1.77. The summed E-state index contributed by atoms with van der Waals surface area (Å²) >= 11 is 0. The molecule has 2 nitrogen and oxygen atoms in total. The van der Waals surface area contributed by atoms with Crippen molar-refractivity contribution in [3.05, 3.63) is 90.0 Å². The number of nitrogens with two attached hydrogens (primary N) is 1. The Labute approximate surface area is 124 Å². The maximum Gasteiger partial charge on any atom is 0.127 e. The van der Waals surface area contributed by atoms with Crippen molar-refractivity contribution in [2.24, 2.45) is 0 Å². The second-order valence-corrected chi connectivity index (χ2v) is 4.98. The van der Waals surface area contributed by atoms with Crippen LogP contribution < -0.4 is 10.5 Å². The molecule has 104 valence electrons. The van der Waals surface area contributed by atoms with E-state index in [1.165, 1.54) is 11.1 Å². The molecule has 0 unspecified atom stereocenters. The zero-order chi connectivity index (χ0) is 14.5. The van der Waals surface area contributed by atoms with Crippen LogP contribution in [-0.4, -0.2) is 0 Å². The lowest BCUT2D eigenvalue weighted by Gasteiger charge is -2.08. The molecule has 0 fully saturated rings. The molecule has 3 aromatic rings. The normalized spacial score (nSPS) is 10.3. The molecule has 0 radical (unpaired) electrons. The first kappa shape index (κ1) is 13.3. The van der Waals surface area contributed by atoms with Crippen molar-refractivity contribution >= 4 is 5.69 Å². The van der Waals surface area contributed by atoms with Crippen molar-refractivity contribution in [1.29, 1.82) is 0 Å². The molecule has 0 spiro atoms. The van der Waals surface area contributed by atoms with Crippen molar-refractivity contribution < 1.29 is 4.74 Å².